The van der Waals surface area contributed by atoms with Gasteiger partial charge in [-0.3, -0.25) is 4.79 Å². The van der Waals surface area contributed by atoms with Crippen LogP contribution in [0.4, 0.5) is 18.0 Å². The summed E-state index contributed by atoms with van der Waals surface area (Å²) in [5.74, 6) is -2.76. The smallest absolute Gasteiger partial charge is 0.475 e. The van der Waals surface area contributed by atoms with Gasteiger partial charge < -0.3 is 20.5 Å². The lowest BCUT2D eigenvalue weighted by Crippen LogP contribution is -2.30. The summed E-state index contributed by atoms with van der Waals surface area (Å²) in [4.78, 5) is 38.2. The maximum Gasteiger partial charge on any atom is 0.490 e. The van der Waals surface area contributed by atoms with Gasteiger partial charge in [-0.25, -0.2) is 14.6 Å². The van der Waals surface area contributed by atoms with Crippen LogP contribution in [0.15, 0.2) is 30.3 Å². The van der Waals surface area contributed by atoms with Crippen LogP contribution in [0, 0.1) is 5.92 Å². The summed E-state index contributed by atoms with van der Waals surface area (Å²) in [6.07, 6.45) is -5.09. The van der Waals surface area contributed by atoms with Gasteiger partial charge >= 0.3 is 18.2 Å². The van der Waals surface area contributed by atoms with Crippen LogP contribution in [-0.4, -0.2) is 58.8 Å². The van der Waals surface area contributed by atoms with Crippen molar-refractivity contribution in [3.05, 3.63) is 41.0 Å². The van der Waals surface area contributed by atoms with E-state index in [4.69, 9.17) is 32.0 Å². The van der Waals surface area contributed by atoms with Crippen LogP contribution in [0.2, 0.25) is 5.02 Å². The minimum atomic E-state index is -5.08. The number of carbonyl (C=O) groups excluding carboxylic acids is 2. The lowest BCUT2D eigenvalue weighted by Gasteiger charge is -2.16. The van der Waals surface area contributed by atoms with E-state index in [1.807, 2.05) is 12.1 Å². The van der Waals surface area contributed by atoms with Crippen molar-refractivity contribution in [3.63, 3.8) is 0 Å². The first-order valence-electron chi connectivity index (χ1n) is 8.55. The van der Waals surface area contributed by atoms with Crippen LogP contribution >= 0.6 is 11.6 Å². The highest BCUT2D eigenvalue weighted by Gasteiger charge is 2.38. The average Bonchev–Trinajstić information content (AvgIpc) is 3.14. The van der Waals surface area contributed by atoms with Crippen LogP contribution in [0.1, 0.15) is 16.9 Å². The molecule has 1 aromatic carbocycles. The molecule has 0 spiro atoms. The molecule has 0 radical (unpaired) electrons. The van der Waals surface area contributed by atoms with Crippen LogP contribution in [0.5, 0.6) is 0 Å². The summed E-state index contributed by atoms with van der Waals surface area (Å²) < 4.78 is 36.5. The van der Waals surface area contributed by atoms with E-state index in [0.717, 1.165) is 17.3 Å². The summed E-state index contributed by atoms with van der Waals surface area (Å²) >= 11 is 5.94. The fourth-order valence-electron chi connectivity index (χ4n) is 2.73. The molecule has 3 N–H and O–H groups in total. The molecule has 1 aromatic heterocycles. The monoisotopic (exact) mass is 447 g/mol. The molecule has 1 atom stereocenters. The molecule has 1 unspecified atom stereocenters. The lowest BCUT2D eigenvalue weighted by molar-refractivity contribution is -0.192. The molecule has 2 amide bonds. The lowest BCUT2D eigenvalue weighted by atomic mass is 10.1. The molecule has 0 saturated carbocycles. The normalized spacial score (nSPS) is 16.0. The first-order chi connectivity index (χ1) is 14.0. The molecule has 0 aliphatic carbocycles. The summed E-state index contributed by atoms with van der Waals surface area (Å²) in [7, 11) is 0. The van der Waals surface area contributed by atoms with Crippen LogP contribution in [0.25, 0.3) is 10.9 Å². The van der Waals surface area contributed by atoms with Gasteiger partial charge in [-0.05, 0) is 30.7 Å². The number of ether oxygens (including phenoxy) is 1. The maximum absolute atomic E-state index is 12.5. The van der Waals surface area contributed by atoms with Crippen molar-refractivity contribution in [2.75, 3.05) is 19.7 Å². The van der Waals surface area contributed by atoms with Gasteiger partial charge in [0.25, 0.3) is 5.91 Å². The molecule has 1 aliphatic rings. The fraction of sp³-hybridized carbons (Fsp3) is 0.333. The zero-order chi connectivity index (χ0) is 22.5. The number of benzene rings is 1. The molecule has 162 valence electrons. The number of carboxylic acids is 1. The molecule has 1 aliphatic heterocycles. The Bertz CT molecular complexity index is 954. The predicted molar refractivity (Wildman–Crippen MR) is 100.0 cm³/mol. The number of carboxylic acid groups (broad SMARTS) is 1. The highest BCUT2D eigenvalue weighted by Crippen LogP contribution is 2.21. The van der Waals surface area contributed by atoms with E-state index in [1.54, 1.807) is 23.1 Å². The molecule has 12 heteroatoms. The van der Waals surface area contributed by atoms with Crippen LogP contribution in [0.3, 0.4) is 0 Å². The molecule has 2 aromatic rings. The standard InChI is InChI=1S/C16H16ClN3O3.C2HF3O2/c17-12-2-4-13-11(7-12)1-3-14(19-13)15(21)20-6-5-10(8-20)9-23-16(18)22;3-2(4,5)1(6)7/h1-4,7,10H,5-6,8-9H2,(H2,18,22);(H,6,7). The maximum atomic E-state index is 12.5. The number of aliphatic carboxylic acids is 1. The molecule has 8 nitrogen and oxygen atoms in total. The van der Waals surface area contributed by atoms with Gasteiger partial charge in [-0.1, -0.05) is 17.7 Å². The van der Waals surface area contributed by atoms with E-state index in [0.29, 0.717) is 23.8 Å². The number of aromatic nitrogens is 1. The Kier molecular flexibility index (Phi) is 7.43. The number of hydrogen-bond donors (Lipinski definition) is 2. The zero-order valence-corrected chi connectivity index (χ0v) is 16.1. The number of halogens is 4. The quantitative estimate of drug-likeness (QED) is 0.745. The summed E-state index contributed by atoms with van der Waals surface area (Å²) in [5, 5.41) is 8.65. The first kappa shape index (κ1) is 23.2. The largest absolute Gasteiger partial charge is 0.490 e. The number of nitrogens with zero attached hydrogens (tertiary/aromatic N) is 2. The minimum Gasteiger partial charge on any atom is -0.475 e. The van der Waals surface area contributed by atoms with E-state index in [1.165, 1.54) is 0 Å². The van der Waals surface area contributed by atoms with Crippen molar-refractivity contribution in [3.8, 4) is 0 Å². The number of alkyl halides is 3. The Morgan fingerprint density at radius 3 is 2.53 bits per heavy atom. The Morgan fingerprint density at radius 1 is 1.27 bits per heavy atom. The molecule has 2 heterocycles. The van der Waals surface area contributed by atoms with E-state index >= 15 is 0 Å². The molecule has 0 bridgehead atoms. The number of primary amides is 1. The average molecular weight is 448 g/mol. The van der Waals surface area contributed by atoms with Gasteiger partial charge in [-0.15, -0.1) is 0 Å². The summed E-state index contributed by atoms with van der Waals surface area (Å²) in [5.41, 5.74) is 6.09. The third-order valence-corrected chi connectivity index (χ3v) is 4.38. The number of fused-ring (bicyclic) bond motifs is 1. The minimum absolute atomic E-state index is 0.116. The van der Waals surface area contributed by atoms with E-state index in [2.05, 4.69) is 4.98 Å². The van der Waals surface area contributed by atoms with Crippen molar-refractivity contribution in [2.24, 2.45) is 11.7 Å². The third-order valence-electron chi connectivity index (χ3n) is 4.15. The van der Waals surface area contributed by atoms with Crippen molar-refractivity contribution < 1.29 is 37.4 Å². The summed E-state index contributed by atoms with van der Waals surface area (Å²) in [6, 6.07) is 8.89. The van der Waals surface area contributed by atoms with E-state index in [9.17, 15) is 22.8 Å². The second-order valence-electron chi connectivity index (χ2n) is 6.37. The van der Waals surface area contributed by atoms with Crippen molar-refractivity contribution in [2.45, 2.75) is 12.6 Å². The molecule has 3 rings (SSSR count). The zero-order valence-electron chi connectivity index (χ0n) is 15.4. The molecular weight excluding hydrogens is 431 g/mol. The molecular formula is C18H17ClF3N3O5. The number of carbonyl (C=O) groups is 3. The molecule has 1 saturated heterocycles. The number of likely N-dealkylation sites (tertiary alicyclic amines) is 1. The second-order valence-corrected chi connectivity index (χ2v) is 6.81. The second kappa shape index (κ2) is 9.61. The highest BCUT2D eigenvalue weighted by molar-refractivity contribution is 6.31. The highest BCUT2D eigenvalue weighted by atomic mass is 35.5. The van der Waals surface area contributed by atoms with Gasteiger partial charge in [-0.2, -0.15) is 13.2 Å². The van der Waals surface area contributed by atoms with Gasteiger partial charge in [0.05, 0.1) is 12.1 Å². The number of nitrogens with two attached hydrogens (primary N) is 1. The van der Waals surface area contributed by atoms with Crippen LogP contribution in [-0.2, 0) is 9.53 Å². The topological polar surface area (TPSA) is 123 Å². The number of rotatable bonds is 3. The van der Waals surface area contributed by atoms with E-state index < -0.39 is 18.2 Å². The van der Waals surface area contributed by atoms with E-state index in [-0.39, 0.29) is 18.4 Å². The number of pyridine rings is 1. The molecule has 30 heavy (non-hydrogen) atoms. The SMILES string of the molecule is NC(=O)OCC1CCN(C(=O)c2ccc3cc(Cl)ccc3n2)C1.O=C(O)C(F)(F)F. The Balaban J connectivity index is 0.000000396. The third kappa shape index (κ3) is 6.48. The number of hydrogen-bond acceptors (Lipinski definition) is 5. The Morgan fingerprint density at radius 2 is 1.93 bits per heavy atom. The predicted octanol–water partition coefficient (Wildman–Crippen LogP) is 3.08. The first-order valence-corrected chi connectivity index (χ1v) is 8.93. The van der Waals surface area contributed by atoms with Gasteiger partial charge in [0.2, 0.25) is 0 Å². The van der Waals surface area contributed by atoms with Gasteiger partial charge in [0.15, 0.2) is 0 Å². The van der Waals surface area contributed by atoms with Crippen molar-refractivity contribution >= 4 is 40.5 Å². The fourth-order valence-corrected chi connectivity index (χ4v) is 2.91. The Labute approximate surface area is 173 Å². The number of amides is 2. The van der Waals surface area contributed by atoms with Gasteiger partial charge in [0, 0.05) is 29.4 Å². The van der Waals surface area contributed by atoms with Crippen LogP contribution < -0.4 is 5.73 Å². The molecule has 1 fully saturated rings. The summed E-state index contributed by atoms with van der Waals surface area (Å²) in [6.45, 7) is 1.39. The Hall–Kier alpha value is -3.08. The van der Waals surface area contributed by atoms with Crippen molar-refractivity contribution in [1.29, 1.82) is 0 Å². The van der Waals surface area contributed by atoms with Crippen molar-refractivity contribution in [1.82, 2.24) is 9.88 Å². The van der Waals surface area contributed by atoms with Gasteiger partial charge in [0.1, 0.15) is 5.69 Å².